The van der Waals surface area contributed by atoms with E-state index in [1.165, 1.54) is 6.07 Å². The Morgan fingerprint density at radius 1 is 1.45 bits per heavy atom. The van der Waals surface area contributed by atoms with Crippen LogP contribution in [0, 0.1) is 11.2 Å². The summed E-state index contributed by atoms with van der Waals surface area (Å²) >= 11 is 3.04. The number of carboxylic acid groups (broad SMARTS) is 1. The molecule has 2 N–H and O–H groups in total. The minimum atomic E-state index is -4.06. The largest absolute Gasteiger partial charge is 0.481 e. The Morgan fingerprint density at radius 2 is 2.10 bits per heavy atom. The van der Waals surface area contributed by atoms with Crippen LogP contribution in [0.1, 0.15) is 19.3 Å². The molecular formula is C12H13BrFNO4S. The molecule has 1 fully saturated rings. The van der Waals surface area contributed by atoms with Crippen molar-refractivity contribution in [3.63, 3.8) is 0 Å². The highest BCUT2D eigenvalue weighted by molar-refractivity contribution is 9.10. The molecule has 1 aliphatic rings. The number of hydrogen-bond acceptors (Lipinski definition) is 3. The van der Waals surface area contributed by atoms with Gasteiger partial charge in [-0.3, -0.25) is 4.79 Å². The van der Waals surface area contributed by atoms with Crippen molar-refractivity contribution >= 4 is 31.9 Å². The summed E-state index contributed by atoms with van der Waals surface area (Å²) in [6, 6.07) is 3.59. The van der Waals surface area contributed by atoms with Gasteiger partial charge in [-0.2, -0.15) is 0 Å². The van der Waals surface area contributed by atoms with Crippen LogP contribution in [0.15, 0.2) is 27.6 Å². The third-order valence-corrected chi connectivity index (χ3v) is 5.48. The number of aliphatic carboxylic acids is 1. The fourth-order valence-electron chi connectivity index (χ4n) is 2.07. The molecule has 0 amide bonds. The number of rotatable bonds is 5. The van der Waals surface area contributed by atoms with Crippen molar-refractivity contribution in [1.29, 1.82) is 0 Å². The van der Waals surface area contributed by atoms with Gasteiger partial charge in [-0.1, -0.05) is 22.4 Å². The van der Waals surface area contributed by atoms with Gasteiger partial charge in [-0.25, -0.2) is 17.5 Å². The molecule has 8 heteroatoms. The first kappa shape index (κ1) is 15.4. The Bertz CT molecular complexity index is 643. The van der Waals surface area contributed by atoms with Crippen molar-refractivity contribution in [1.82, 2.24) is 4.72 Å². The van der Waals surface area contributed by atoms with Crippen LogP contribution >= 0.6 is 15.9 Å². The van der Waals surface area contributed by atoms with Crippen molar-refractivity contribution in [2.75, 3.05) is 6.54 Å². The average Bonchev–Trinajstić information content (AvgIpc) is 2.25. The molecule has 1 aliphatic carbocycles. The SMILES string of the molecule is O=C(O)C1(CNS(=O)(=O)c2ccc(Br)cc2F)CCC1. The molecule has 2 rings (SSSR count). The summed E-state index contributed by atoms with van der Waals surface area (Å²) in [5.41, 5.74) is -1.06. The number of benzene rings is 1. The van der Waals surface area contributed by atoms with Crippen LogP contribution in [0.5, 0.6) is 0 Å². The third-order valence-electron chi connectivity index (χ3n) is 3.55. The molecule has 0 atom stereocenters. The lowest BCUT2D eigenvalue weighted by Gasteiger charge is -2.37. The Kier molecular flexibility index (Phi) is 4.17. The lowest BCUT2D eigenvalue weighted by molar-refractivity contribution is -0.153. The van der Waals surface area contributed by atoms with E-state index in [0.29, 0.717) is 17.3 Å². The summed E-state index contributed by atoms with van der Waals surface area (Å²) in [6.07, 6.45) is 1.60. The molecule has 20 heavy (non-hydrogen) atoms. The summed E-state index contributed by atoms with van der Waals surface area (Å²) in [7, 11) is -4.06. The van der Waals surface area contributed by atoms with Crippen LogP contribution in [0.25, 0.3) is 0 Å². The average molecular weight is 366 g/mol. The van der Waals surface area contributed by atoms with E-state index in [0.717, 1.165) is 18.6 Å². The van der Waals surface area contributed by atoms with E-state index in [1.807, 2.05) is 0 Å². The van der Waals surface area contributed by atoms with Crippen molar-refractivity contribution in [2.45, 2.75) is 24.2 Å². The summed E-state index contributed by atoms with van der Waals surface area (Å²) in [5.74, 6) is -1.91. The molecule has 1 saturated carbocycles. The van der Waals surface area contributed by atoms with E-state index >= 15 is 0 Å². The maximum atomic E-state index is 13.7. The minimum Gasteiger partial charge on any atom is -0.481 e. The quantitative estimate of drug-likeness (QED) is 0.836. The minimum absolute atomic E-state index is 0.222. The lowest BCUT2D eigenvalue weighted by atomic mass is 9.69. The van der Waals surface area contributed by atoms with Gasteiger partial charge in [0.25, 0.3) is 0 Å². The molecule has 0 saturated heterocycles. The topological polar surface area (TPSA) is 83.5 Å². The normalized spacial score (nSPS) is 17.5. The van der Waals surface area contributed by atoms with Gasteiger partial charge in [0, 0.05) is 11.0 Å². The first-order valence-electron chi connectivity index (χ1n) is 5.95. The second-order valence-corrected chi connectivity index (χ2v) is 7.49. The van der Waals surface area contributed by atoms with Crippen LogP contribution in [0.3, 0.4) is 0 Å². The molecule has 110 valence electrons. The Hall–Kier alpha value is -0.990. The molecule has 0 unspecified atom stereocenters. The number of carbonyl (C=O) groups is 1. The Balaban J connectivity index is 2.17. The van der Waals surface area contributed by atoms with E-state index < -0.39 is 32.1 Å². The highest BCUT2D eigenvalue weighted by Gasteiger charge is 2.45. The molecule has 1 aromatic rings. The molecule has 0 aliphatic heterocycles. The van der Waals surface area contributed by atoms with Crippen LogP contribution in [-0.2, 0) is 14.8 Å². The fourth-order valence-corrected chi connectivity index (χ4v) is 3.59. The number of sulfonamides is 1. The van der Waals surface area contributed by atoms with E-state index in [2.05, 4.69) is 20.7 Å². The fraction of sp³-hybridized carbons (Fsp3) is 0.417. The van der Waals surface area contributed by atoms with Crippen LogP contribution in [-0.4, -0.2) is 26.0 Å². The standard InChI is InChI=1S/C12H13BrFNO4S/c13-8-2-3-10(9(14)6-8)20(18,19)15-7-12(11(16)17)4-1-5-12/h2-3,6,15H,1,4-5,7H2,(H,16,17). The molecule has 5 nitrogen and oxygen atoms in total. The molecule has 0 aromatic heterocycles. The van der Waals surface area contributed by atoms with Gasteiger partial charge in [-0.15, -0.1) is 0 Å². The molecule has 0 bridgehead atoms. The zero-order valence-electron chi connectivity index (χ0n) is 10.4. The summed E-state index contributed by atoms with van der Waals surface area (Å²) in [6.45, 7) is -0.222. The van der Waals surface area contributed by atoms with Crippen LogP contribution in [0.2, 0.25) is 0 Å². The van der Waals surface area contributed by atoms with Crippen molar-refractivity contribution in [3.8, 4) is 0 Å². The van der Waals surface area contributed by atoms with Crippen LogP contribution in [0.4, 0.5) is 4.39 Å². The van der Waals surface area contributed by atoms with E-state index in [9.17, 15) is 17.6 Å². The van der Waals surface area contributed by atoms with Gasteiger partial charge < -0.3 is 5.11 Å². The van der Waals surface area contributed by atoms with E-state index in [4.69, 9.17) is 5.11 Å². The molecule has 0 heterocycles. The number of carboxylic acids is 1. The highest BCUT2D eigenvalue weighted by Crippen LogP contribution is 2.40. The van der Waals surface area contributed by atoms with Crippen molar-refractivity contribution in [2.24, 2.45) is 5.41 Å². The van der Waals surface area contributed by atoms with Gasteiger partial charge in [0.2, 0.25) is 10.0 Å². The Labute approximate surface area is 124 Å². The van der Waals surface area contributed by atoms with E-state index in [-0.39, 0.29) is 6.54 Å². The Morgan fingerprint density at radius 3 is 2.55 bits per heavy atom. The number of nitrogens with one attached hydrogen (secondary N) is 1. The second-order valence-electron chi connectivity index (χ2n) is 4.84. The lowest BCUT2D eigenvalue weighted by Crippen LogP contribution is -2.47. The maximum absolute atomic E-state index is 13.7. The van der Waals surface area contributed by atoms with Gasteiger partial charge in [0.15, 0.2) is 0 Å². The second kappa shape index (κ2) is 5.42. The van der Waals surface area contributed by atoms with Gasteiger partial charge in [0.05, 0.1) is 5.41 Å². The monoisotopic (exact) mass is 365 g/mol. The zero-order valence-corrected chi connectivity index (χ0v) is 12.8. The van der Waals surface area contributed by atoms with Gasteiger partial charge in [0.1, 0.15) is 10.7 Å². The molecular weight excluding hydrogens is 353 g/mol. The molecule has 1 aromatic carbocycles. The van der Waals surface area contributed by atoms with E-state index in [1.54, 1.807) is 0 Å². The summed E-state index contributed by atoms with van der Waals surface area (Å²) < 4.78 is 40.3. The van der Waals surface area contributed by atoms with Gasteiger partial charge in [-0.05, 0) is 31.0 Å². The predicted molar refractivity (Wildman–Crippen MR) is 73.2 cm³/mol. The zero-order chi connectivity index (χ0) is 15.0. The van der Waals surface area contributed by atoms with Gasteiger partial charge >= 0.3 is 5.97 Å². The van der Waals surface area contributed by atoms with Crippen LogP contribution < -0.4 is 4.72 Å². The maximum Gasteiger partial charge on any atom is 0.310 e. The molecule has 0 radical (unpaired) electrons. The summed E-state index contributed by atoms with van der Waals surface area (Å²) in [5, 5.41) is 9.13. The number of hydrogen-bond donors (Lipinski definition) is 2. The highest BCUT2D eigenvalue weighted by atomic mass is 79.9. The number of halogens is 2. The summed E-state index contributed by atoms with van der Waals surface area (Å²) in [4.78, 5) is 10.7. The molecule has 0 spiro atoms. The third kappa shape index (κ3) is 2.87. The first-order chi connectivity index (χ1) is 9.27. The smallest absolute Gasteiger partial charge is 0.310 e. The van der Waals surface area contributed by atoms with Crippen molar-refractivity contribution < 1.29 is 22.7 Å². The first-order valence-corrected chi connectivity index (χ1v) is 8.23. The van der Waals surface area contributed by atoms with Crippen molar-refractivity contribution in [3.05, 3.63) is 28.5 Å². The predicted octanol–water partition coefficient (Wildman–Crippen LogP) is 2.12.